The molecule has 32 heavy (non-hydrogen) atoms. The lowest BCUT2D eigenvalue weighted by molar-refractivity contribution is -0.121. The van der Waals surface area contributed by atoms with Crippen molar-refractivity contribution >= 4 is 23.4 Å². The first-order chi connectivity index (χ1) is 15.4. The smallest absolute Gasteiger partial charge is 0.257 e. The van der Waals surface area contributed by atoms with E-state index in [1.54, 1.807) is 42.2 Å². The maximum Gasteiger partial charge on any atom is 0.257 e. The summed E-state index contributed by atoms with van der Waals surface area (Å²) in [5.41, 5.74) is 1.26. The van der Waals surface area contributed by atoms with Gasteiger partial charge in [-0.15, -0.1) is 0 Å². The van der Waals surface area contributed by atoms with Crippen LogP contribution in [-0.4, -0.2) is 49.0 Å². The second-order valence-electron chi connectivity index (χ2n) is 8.14. The Bertz CT molecular complexity index is 1070. The number of hydrogen-bond donors (Lipinski definition) is 1. The molecule has 0 spiro atoms. The predicted octanol–water partition coefficient (Wildman–Crippen LogP) is 2.71. The summed E-state index contributed by atoms with van der Waals surface area (Å²) >= 11 is 0. The summed E-state index contributed by atoms with van der Waals surface area (Å²) in [6.07, 6.45) is 1.05. The van der Waals surface area contributed by atoms with Gasteiger partial charge in [0.15, 0.2) is 11.5 Å². The average Bonchev–Trinajstić information content (AvgIpc) is 3.12. The van der Waals surface area contributed by atoms with E-state index in [0.29, 0.717) is 42.1 Å². The second-order valence-corrected chi connectivity index (χ2v) is 8.14. The maximum absolute atomic E-state index is 13.2. The molecular weight excluding hydrogens is 410 g/mol. The Morgan fingerprint density at radius 3 is 2.59 bits per heavy atom. The van der Waals surface area contributed by atoms with Gasteiger partial charge in [-0.3, -0.25) is 19.3 Å². The van der Waals surface area contributed by atoms with Gasteiger partial charge < -0.3 is 19.7 Å². The van der Waals surface area contributed by atoms with Crippen molar-refractivity contribution < 1.29 is 23.9 Å². The van der Waals surface area contributed by atoms with Gasteiger partial charge in [0.1, 0.15) is 5.66 Å². The van der Waals surface area contributed by atoms with Gasteiger partial charge in [0.2, 0.25) is 11.8 Å². The zero-order valence-electron chi connectivity index (χ0n) is 18.5. The molecule has 1 N–H and O–H groups in total. The molecule has 2 aliphatic rings. The van der Waals surface area contributed by atoms with Crippen LogP contribution in [0.1, 0.15) is 42.1 Å². The van der Waals surface area contributed by atoms with Crippen molar-refractivity contribution in [3.63, 3.8) is 0 Å². The van der Waals surface area contributed by atoms with Crippen LogP contribution in [-0.2, 0) is 16.1 Å². The van der Waals surface area contributed by atoms with Gasteiger partial charge in [-0.05, 0) is 43.2 Å². The molecule has 0 saturated carbocycles. The Hall–Kier alpha value is -3.55. The molecule has 1 atom stereocenters. The number of benzene rings is 2. The molecule has 1 saturated heterocycles. The third-order valence-electron chi connectivity index (χ3n) is 6.25. The van der Waals surface area contributed by atoms with E-state index in [1.807, 2.05) is 31.2 Å². The van der Waals surface area contributed by atoms with Gasteiger partial charge in [-0.2, -0.15) is 0 Å². The van der Waals surface area contributed by atoms with Gasteiger partial charge in [0, 0.05) is 25.9 Å². The highest BCUT2D eigenvalue weighted by Gasteiger charge is 2.52. The van der Waals surface area contributed by atoms with E-state index in [2.05, 4.69) is 5.32 Å². The fraction of sp³-hybridized carbons (Fsp3) is 0.375. The van der Waals surface area contributed by atoms with E-state index < -0.39 is 5.66 Å². The summed E-state index contributed by atoms with van der Waals surface area (Å²) in [5.74, 6) is 0.883. The molecule has 8 nitrogen and oxygen atoms in total. The predicted molar refractivity (Wildman–Crippen MR) is 119 cm³/mol. The molecule has 0 aromatic heterocycles. The molecule has 2 aromatic rings. The third kappa shape index (κ3) is 3.66. The number of hydrogen-bond acceptors (Lipinski definition) is 5. The van der Waals surface area contributed by atoms with Crippen LogP contribution < -0.4 is 19.7 Å². The molecule has 2 aliphatic heterocycles. The number of amides is 3. The first kappa shape index (κ1) is 21.7. The lowest BCUT2D eigenvalue weighted by atomic mass is 9.98. The summed E-state index contributed by atoms with van der Waals surface area (Å²) in [6, 6.07) is 12.6. The van der Waals surface area contributed by atoms with Crippen LogP contribution in [0.5, 0.6) is 11.5 Å². The fourth-order valence-electron chi connectivity index (χ4n) is 4.53. The van der Waals surface area contributed by atoms with Crippen molar-refractivity contribution in [2.45, 2.75) is 38.4 Å². The topological polar surface area (TPSA) is 88.2 Å². The number of fused-ring (bicyclic) bond motifs is 3. The van der Waals surface area contributed by atoms with Crippen LogP contribution in [0.4, 0.5) is 5.69 Å². The summed E-state index contributed by atoms with van der Waals surface area (Å²) in [4.78, 5) is 41.8. The third-order valence-corrected chi connectivity index (χ3v) is 6.25. The minimum absolute atomic E-state index is 0.00430. The van der Waals surface area contributed by atoms with Crippen molar-refractivity contribution in [3.8, 4) is 11.5 Å². The van der Waals surface area contributed by atoms with Crippen molar-refractivity contribution in [1.29, 1.82) is 0 Å². The Morgan fingerprint density at radius 2 is 1.84 bits per heavy atom. The highest BCUT2D eigenvalue weighted by atomic mass is 16.5. The SMILES string of the molecule is COc1ccc(CNC(=O)CCN2C(=O)c3ccccc3N3C(=O)CCC23C)cc1OC. The zero-order chi connectivity index (χ0) is 22.9. The Morgan fingerprint density at radius 1 is 1.09 bits per heavy atom. The molecule has 4 rings (SSSR count). The van der Waals surface area contributed by atoms with Gasteiger partial charge in [0.25, 0.3) is 5.91 Å². The van der Waals surface area contributed by atoms with Gasteiger partial charge in [-0.25, -0.2) is 0 Å². The molecule has 1 unspecified atom stereocenters. The number of carbonyl (C=O) groups excluding carboxylic acids is 3. The Kier molecular flexibility index (Phi) is 5.78. The highest BCUT2D eigenvalue weighted by molar-refractivity contribution is 6.10. The van der Waals surface area contributed by atoms with E-state index in [4.69, 9.17) is 9.47 Å². The van der Waals surface area contributed by atoms with Crippen LogP contribution in [0.25, 0.3) is 0 Å². The van der Waals surface area contributed by atoms with Crippen LogP contribution >= 0.6 is 0 Å². The number of carbonyl (C=O) groups is 3. The fourth-order valence-corrected chi connectivity index (χ4v) is 4.53. The Labute approximate surface area is 187 Å². The molecule has 2 heterocycles. The molecule has 0 radical (unpaired) electrons. The van der Waals surface area contributed by atoms with E-state index in [9.17, 15) is 14.4 Å². The normalized spacial score (nSPS) is 19.5. The molecule has 2 aromatic carbocycles. The van der Waals surface area contributed by atoms with Gasteiger partial charge in [-0.1, -0.05) is 18.2 Å². The zero-order valence-corrected chi connectivity index (χ0v) is 18.5. The standard InChI is InChI=1S/C24H27N3O5/c1-24-12-10-22(29)27(24)18-7-5-4-6-17(18)23(30)26(24)13-11-21(28)25-15-16-8-9-19(31-2)20(14-16)32-3/h4-9,14H,10-13,15H2,1-3H3,(H,25,28). The van der Waals surface area contributed by atoms with E-state index >= 15 is 0 Å². The number of ether oxygens (including phenoxy) is 2. The van der Waals surface area contributed by atoms with Crippen LogP contribution in [0, 0.1) is 0 Å². The molecule has 0 aliphatic carbocycles. The number of nitrogens with one attached hydrogen (secondary N) is 1. The first-order valence-corrected chi connectivity index (χ1v) is 10.6. The molecule has 3 amide bonds. The number of para-hydroxylation sites is 1. The summed E-state index contributed by atoms with van der Waals surface area (Å²) in [5, 5.41) is 2.89. The van der Waals surface area contributed by atoms with Crippen molar-refractivity contribution in [2.24, 2.45) is 0 Å². The maximum atomic E-state index is 13.2. The lowest BCUT2D eigenvalue weighted by Crippen LogP contribution is -2.62. The first-order valence-electron chi connectivity index (χ1n) is 10.6. The molecule has 168 valence electrons. The molecule has 1 fully saturated rings. The largest absolute Gasteiger partial charge is 0.493 e. The van der Waals surface area contributed by atoms with Gasteiger partial charge in [0.05, 0.1) is 25.5 Å². The van der Waals surface area contributed by atoms with Crippen molar-refractivity contribution in [1.82, 2.24) is 10.2 Å². The highest BCUT2D eigenvalue weighted by Crippen LogP contribution is 2.43. The number of anilines is 1. The van der Waals surface area contributed by atoms with E-state index in [-0.39, 0.29) is 30.7 Å². The quantitative estimate of drug-likeness (QED) is 0.720. The number of rotatable bonds is 7. The van der Waals surface area contributed by atoms with Gasteiger partial charge >= 0.3 is 0 Å². The number of nitrogens with zero attached hydrogens (tertiary/aromatic N) is 2. The monoisotopic (exact) mass is 437 g/mol. The van der Waals surface area contributed by atoms with E-state index in [0.717, 1.165) is 5.56 Å². The lowest BCUT2D eigenvalue weighted by Gasteiger charge is -2.48. The average molecular weight is 437 g/mol. The van der Waals surface area contributed by atoms with Crippen molar-refractivity contribution in [2.75, 3.05) is 25.7 Å². The summed E-state index contributed by atoms with van der Waals surface area (Å²) in [6.45, 7) is 2.45. The Balaban J connectivity index is 1.44. The summed E-state index contributed by atoms with van der Waals surface area (Å²) < 4.78 is 10.5. The minimum Gasteiger partial charge on any atom is -0.493 e. The molecular formula is C24H27N3O5. The summed E-state index contributed by atoms with van der Waals surface area (Å²) in [7, 11) is 3.13. The van der Waals surface area contributed by atoms with Crippen LogP contribution in [0.15, 0.2) is 42.5 Å². The molecule has 0 bridgehead atoms. The molecule has 8 heteroatoms. The van der Waals surface area contributed by atoms with Crippen LogP contribution in [0.3, 0.4) is 0 Å². The van der Waals surface area contributed by atoms with Crippen molar-refractivity contribution in [3.05, 3.63) is 53.6 Å². The minimum atomic E-state index is -0.758. The second kappa shape index (κ2) is 8.53. The number of methoxy groups -OCH3 is 2. The van der Waals surface area contributed by atoms with Crippen LogP contribution in [0.2, 0.25) is 0 Å². The van der Waals surface area contributed by atoms with E-state index in [1.165, 1.54) is 0 Å².